The highest BCUT2D eigenvalue weighted by Crippen LogP contribution is 2.13. The van der Waals surface area contributed by atoms with E-state index in [4.69, 9.17) is 15.3 Å². The third-order valence-electron chi connectivity index (χ3n) is 4.88. The number of carboxylic acids is 3. The summed E-state index contributed by atoms with van der Waals surface area (Å²) < 4.78 is 0. The van der Waals surface area contributed by atoms with Crippen molar-refractivity contribution in [3.8, 4) is 0 Å². The highest BCUT2D eigenvalue weighted by atomic mass is 16.4. The molecule has 0 bridgehead atoms. The number of ketones is 1. The molecule has 10 heteroatoms. The van der Waals surface area contributed by atoms with Crippen LogP contribution in [-0.4, -0.2) is 64.0 Å². The summed E-state index contributed by atoms with van der Waals surface area (Å²) in [6, 6.07) is 5.88. The maximum Gasteiger partial charge on any atom is 0.372 e. The molecule has 0 aromatic heterocycles. The van der Waals surface area contributed by atoms with Gasteiger partial charge in [0.2, 0.25) is 11.7 Å². The molecule has 10 nitrogen and oxygen atoms in total. The van der Waals surface area contributed by atoms with E-state index in [9.17, 15) is 24.0 Å². The zero-order valence-corrected chi connectivity index (χ0v) is 18.0. The van der Waals surface area contributed by atoms with Crippen molar-refractivity contribution >= 4 is 29.6 Å². The second-order valence-corrected chi connectivity index (χ2v) is 7.44. The van der Waals surface area contributed by atoms with Gasteiger partial charge in [0.05, 0.1) is 6.04 Å². The number of aliphatic carboxylic acids is 3. The minimum absolute atomic E-state index is 0.0230. The van der Waals surface area contributed by atoms with E-state index >= 15 is 0 Å². The van der Waals surface area contributed by atoms with Crippen molar-refractivity contribution in [2.45, 2.75) is 51.5 Å². The normalized spacial score (nSPS) is 11.7. The van der Waals surface area contributed by atoms with Crippen LogP contribution in [0.25, 0.3) is 0 Å². The molecule has 1 unspecified atom stereocenters. The van der Waals surface area contributed by atoms with E-state index in [1.807, 2.05) is 6.92 Å². The Labute approximate surface area is 186 Å². The average Bonchev–Trinajstić information content (AvgIpc) is 2.74. The molecule has 0 radical (unpaired) electrons. The third-order valence-corrected chi connectivity index (χ3v) is 4.88. The highest BCUT2D eigenvalue weighted by Gasteiger charge is 2.26. The Morgan fingerprint density at radius 2 is 1.41 bits per heavy atom. The molecule has 5 N–H and O–H groups in total. The van der Waals surface area contributed by atoms with Crippen molar-refractivity contribution in [2.24, 2.45) is 5.92 Å². The highest BCUT2D eigenvalue weighted by molar-refractivity contribution is 6.32. The van der Waals surface area contributed by atoms with Gasteiger partial charge in [-0.1, -0.05) is 44.0 Å². The second-order valence-electron chi connectivity index (χ2n) is 7.44. The van der Waals surface area contributed by atoms with E-state index in [2.05, 4.69) is 10.6 Å². The number of carboxylic acid groups (broad SMARTS) is 3. The molecule has 0 heterocycles. The van der Waals surface area contributed by atoms with Crippen LogP contribution in [0.3, 0.4) is 0 Å². The van der Waals surface area contributed by atoms with E-state index in [0.29, 0.717) is 12.1 Å². The quantitative estimate of drug-likeness (QED) is 0.139. The molecule has 0 fully saturated rings. The number of hydrogen-bond acceptors (Lipinski definition) is 6. The molecule has 1 amide bonds. The Morgan fingerprint density at radius 3 is 1.91 bits per heavy atom. The number of hydrogen-bond donors (Lipinski definition) is 5. The predicted molar refractivity (Wildman–Crippen MR) is 114 cm³/mol. The lowest BCUT2D eigenvalue weighted by Gasteiger charge is -2.19. The zero-order chi connectivity index (χ0) is 24.1. The molecule has 1 atom stereocenters. The Hall–Kier alpha value is -3.27. The fourth-order valence-corrected chi connectivity index (χ4v) is 3.00. The molecule has 0 spiro atoms. The molecule has 1 aromatic rings. The van der Waals surface area contributed by atoms with Crippen LogP contribution >= 0.6 is 0 Å². The molecule has 0 saturated carbocycles. The molecule has 32 heavy (non-hydrogen) atoms. The summed E-state index contributed by atoms with van der Waals surface area (Å²) in [4.78, 5) is 56.6. The molecule has 0 aliphatic carbocycles. The Kier molecular flexibility index (Phi) is 11.6. The summed E-state index contributed by atoms with van der Waals surface area (Å²) in [5.41, 5.74) is 1.27. The van der Waals surface area contributed by atoms with E-state index < -0.39 is 35.7 Å². The van der Waals surface area contributed by atoms with Crippen molar-refractivity contribution in [1.29, 1.82) is 0 Å². The topological polar surface area (TPSA) is 170 Å². The fourth-order valence-electron chi connectivity index (χ4n) is 3.00. The molecular formula is C22H30N2O8. The lowest BCUT2D eigenvalue weighted by atomic mass is 9.97. The van der Waals surface area contributed by atoms with Crippen molar-refractivity contribution in [2.75, 3.05) is 13.1 Å². The van der Waals surface area contributed by atoms with Crippen molar-refractivity contribution in [1.82, 2.24) is 10.6 Å². The minimum Gasteiger partial charge on any atom is -0.481 e. The first kappa shape index (κ1) is 26.8. The van der Waals surface area contributed by atoms with Gasteiger partial charge in [-0.15, -0.1) is 0 Å². The van der Waals surface area contributed by atoms with Crippen molar-refractivity contribution < 1.29 is 39.3 Å². The number of carbonyl (C=O) groups excluding carboxylic acids is 2. The van der Waals surface area contributed by atoms with Crippen LogP contribution in [0.15, 0.2) is 24.3 Å². The van der Waals surface area contributed by atoms with Gasteiger partial charge in [-0.05, 0) is 30.4 Å². The molecule has 1 aromatic carbocycles. The van der Waals surface area contributed by atoms with Gasteiger partial charge in [0.1, 0.15) is 0 Å². The smallest absolute Gasteiger partial charge is 0.372 e. The molecule has 0 saturated heterocycles. The molecule has 0 aliphatic heterocycles. The summed E-state index contributed by atoms with van der Waals surface area (Å²) in [7, 11) is 0. The summed E-state index contributed by atoms with van der Waals surface area (Å²) in [6.07, 6.45) is 2.64. The number of benzene rings is 1. The Morgan fingerprint density at radius 1 is 0.844 bits per heavy atom. The van der Waals surface area contributed by atoms with E-state index in [1.54, 1.807) is 24.3 Å². The SMILES string of the molecule is CCCCCNC(=O)C(Cc1ccc(CC(C(=O)O)C(=O)O)cc1)NCCC(=O)C(=O)O. The molecular weight excluding hydrogens is 420 g/mol. The van der Waals surface area contributed by atoms with Crippen molar-refractivity contribution in [3.63, 3.8) is 0 Å². The predicted octanol–water partition coefficient (Wildman–Crippen LogP) is 0.865. The van der Waals surface area contributed by atoms with Crippen LogP contribution in [-0.2, 0) is 36.8 Å². The van der Waals surface area contributed by atoms with Crippen LogP contribution in [0.4, 0.5) is 0 Å². The number of nitrogens with one attached hydrogen (secondary N) is 2. The molecule has 1 rings (SSSR count). The number of unbranched alkanes of at least 4 members (excludes halogenated alkanes) is 2. The number of rotatable bonds is 16. The maximum atomic E-state index is 12.6. The summed E-state index contributed by atoms with van der Waals surface area (Å²) in [6.45, 7) is 2.57. The maximum absolute atomic E-state index is 12.6. The standard InChI is InChI=1S/C22H30N2O8/c1-2-3-4-10-24-19(26)17(23-11-9-18(25)22(31)32)13-15-7-5-14(6-8-15)12-16(20(27)28)21(29)30/h5-8,16-17,23H,2-4,9-13H2,1H3,(H,24,26)(H,27,28)(H,29,30)(H,31,32). The van der Waals surface area contributed by atoms with Crippen LogP contribution < -0.4 is 10.6 Å². The lowest BCUT2D eigenvalue weighted by molar-refractivity contribution is -0.154. The summed E-state index contributed by atoms with van der Waals surface area (Å²) >= 11 is 0. The van der Waals surface area contributed by atoms with Crippen LogP contribution in [0.1, 0.15) is 43.7 Å². The lowest BCUT2D eigenvalue weighted by Crippen LogP contribution is -2.46. The Bertz CT molecular complexity index is 793. The van der Waals surface area contributed by atoms with Gasteiger partial charge in [-0.3, -0.25) is 19.2 Å². The van der Waals surface area contributed by atoms with Gasteiger partial charge >= 0.3 is 17.9 Å². The summed E-state index contributed by atoms with van der Waals surface area (Å²) in [5, 5.41) is 32.4. The van der Waals surface area contributed by atoms with Gasteiger partial charge in [-0.2, -0.15) is 0 Å². The monoisotopic (exact) mass is 450 g/mol. The minimum atomic E-state index is -1.55. The van der Waals surface area contributed by atoms with Gasteiger partial charge in [0.25, 0.3) is 0 Å². The first-order valence-electron chi connectivity index (χ1n) is 10.5. The first-order chi connectivity index (χ1) is 15.1. The van der Waals surface area contributed by atoms with Gasteiger partial charge in [0, 0.05) is 19.5 Å². The zero-order valence-electron chi connectivity index (χ0n) is 18.0. The number of amides is 1. The van der Waals surface area contributed by atoms with Crippen molar-refractivity contribution in [3.05, 3.63) is 35.4 Å². The van der Waals surface area contributed by atoms with E-state index in [1.165, 1.54) is 0 Å². The van der Waals surface area contributed by atoms with Crippen LogP contribution in [0.5, 0.6) is 0 Å². The molecule has 0 aliphatic rings. The van der Waals surface area contributed by atoms with Gasteiger partial charge in [-0.25, -0.2) is 4.79 Å². The number of carbonyl (C=O) groups is 5. The first-order valence-corrected chi connectivity index (χ1v) is 10.5. The van der Waals surface area contributed by atoms with E-state index in [0.717, 1.165) is 24.8 Å². The van der Waals surface area contributed by atoms with Gasteiger partial charge < -0.3 is 26.0 Å². The molecule has 176 valence electrons. The number of Topliss-reactive ketones (excluding diaryl/α,β-unsaturated/α-hetero) is 1. The third kappa shape index (κ3) is 9.69. The summed E-state index contributed by atoms with van der Waals surface area (Å²) in [5.74, 6) is -7.12. The largest absolute Gasteiger partial charge is 0.481 e. The fraction of sp³-hybridized carbons (Fsp3) is 0.500. The van der Waals surface area contributed by atoms with Crippen LogP contribution in [0, 0.1) is 5.92 Å². The van der Waals surface area contributed by atoms with Gasteiger partial charge in [0.15, 0.2) is 5.92 Å². The average molecular weight is 450 g/mol. The van der Waals surface area contributed by atoms with Crippen LogP contribution in [0.2, 0.25) is 0 Å². The Balaban J connectivity index is 2.80. The van der Waals surface area contributed by atoms with E-state index in [-0.39, 0.29) is 31.7 Å². The second kappa shape index (κ2) is 13.9.